The minimum atomic E-state index is -3.65. The van der Waals surface area contributed by atoms with Crippen LogP contribution in [0.2, 0.25) is 0 Å². The molecular formula is C22H28N2O6S. The number of allylic oxidation sites excluding steroid dienone is 2. The van der Waals surface area contributed by atoms with Gasteiger partial charge in [0, 0.05) is 30.0 Å². The maximum absolute atomic E-state index is 12.7. The van der Waals surface area contributed by atoms with E-state index in [4.69, 9.17) is 5.11 Å². The Balaban J connectivity index is 1.58. The van der Waals surface area contributed by atoms with Crippen LogP contribution in [-0.4, -0.2) is 30.5 Å². The van der Waals surface area contributed by atoms with Gasteiger partial charge in [0.2, 0.25) is 10.0 Å². The number of carboxylic acid groups (broad SMARTS) is 1. The van der Waals surface area contributed by atoms with E-state index in [0.29, 0.717) is 30.2 Å². The van der Waals surface area contributed by atoms with Crippen molar-refractivity contribution in [3.8, 4) is 0 Å². The van der Waals surface area contributed by atoms with Crippen LogP contribution in [0.25, 0.3) is 6.08 Å². The van der Waals surface area contributed by atoms with Crippen molar-refractivity contribution in [1.82, 2.24) is 4.72 Å². The summed E-state index contributed by atoms with van der Waals surface area (Å²) >= 11 is 0. The Hall–Kier alpha value is -2.52. The topological polar surface area (TPSA) is 127 Å². The van der Waals surface area contributed by atoms with Crippen LogP contribution < -0.4 is 4.72 Å². The zero-order valence-electron chi connectivity index (χ0n) is 17.2. The fourth-order valence-electron chi connectivity index (χ4n) is 4.78. The number of carbonyl (C=O) groups is 1. The van der Waals surface area contributed by atoms with Crippen molar-refractivity contribution in [3.63, 3.8) is 0 Å². The largest absolute Gasteiger partial charge is 0.481 e. The molecule has 3 rings (SSSR count). The van der Waals surface area contributed by atoms with Crippen LogP contribution in [-0.2, 0) is 14.8 Å². The molecule has 0 saturated heterocycles. The Morgan fingerprint density at radius 3 is 2.58 bits per heavy atom. The summed E-state index contributed by atoms with van der Waals surface area (Å²) in [4.78, 5) is 20.8. The first-order chi connectivity index (χ1) is 14.7. The summed E-state index contributed by atoms with van der Waals surface area (Å²) < 4.78 is 28.2. The number of non-ortho nitro benzene ring substituents is 1. The number of sulfonamides is 1. The van der Waals surface area contributed by atoms with Crippen LogP contribution in [0.4, 0.5) is 5.69 Å². The minimum absolute atomic E-state index is 0.0426. The van der Waals surface area contributed by atoms with Crippen molar-refractivity contribution < 1.29 is 23.2 Å². The van der Waals surface area contributed by atoms with E-state index < -0.39 is 20.9 Å². The molecule has 0 spiro atoms. The standard InChI is InChI=1S/C22H28N2O6S/c25-21(26)6-4-2-1-3-5-20-17-9-10-18(15-17)22(20)23-31(29,30)14-13-16-7-11-19(12-8-16)24(27)28/h1,3,7-8,11-14,17-18,20,22-23H,2,4-6,9-10,15H2,(H,25,26)/b3-1+,14-13+. The average Bonchev–Trinajstić information content (AvgIpc) is 3.31. The zero-order valence-corrected chi connectivity index (χ0v) is 18.0. The molecule has 0 heterocycles. The monoisotopic (exact) mass is 448 g/mol. The lowest BCUT2D eigenvalue weighted by Crippen LogP contribution is -2.43. The lowest BCUT2D eigenvalue weighted by atomic mass is 9.83. The third kappa shape index (κ3) is 6.48. The maximum Gasteiger partial charge on any atom is 0.303 e. The molecule has 0 radical (unpaired) electrons. The van der Waals surface area contributed by atoms with Crippen molar-refractivity contribution in [2.24, 2.45) is 17.8 Å². The Labute approximate surface area is 182 Å². The summed E-state index contributed by atoms with van der Waals surface area (Å²) in [7, 11) is -3.65. The Bertz CT molecular complexity index is 955. The van der Waals surface area contributed by atoms with Gasteiger partial charge in [0.15, 0.2) is 0 Å². The number of rotatable bonds is 11. The number of nitrogens with one attached hydrogen (secondary N) is 1. The number of unbranched alkanes of at least 4 members (excludes halogenated alkanes) is 1. The van der Waals surface area contributed by atoms with Crippen LogP contribution in [0, 0.1) is 27.9 Å². The SMILES string of the molecule is O=C(O)CCC/C=C/CC1C2CCC(C2)C1NS(=O)(=O)/C=C/c1ccc([N+](=O)[O-])cc1. The summed E-state index contributed by atoms with van der Waals surface area (Å²) in [6.45, 7) is 0. The number of hydrogen-bond donors (Lipinski definition) is 2. The summed E-state index contributed by atoms with van der Waals surface area (Å²) in [6, 6.07) is 5.61. The van der Waals surface area contributed by atoms with Gasteiger partial charge in [-0.05, 0) is 80.1 Å². The summed E-state index contributed by atoms with van der Waals surface area (Å²) in [5.74, 6) is 0.313. The van der Waals surface area contributed by atoms with E-state index in [1.54, 1.807) is 0 Å². The molecule has 31 heavy (non-hydrogen) atoms. The summed E-state index contributed by atoms with van der Waals surface area (Å²) in [5, 5.41) is 20.5. The number of nitro groups is 1. The van der Waals surface area contributed by atoms with Crippen molar-refractivity contribution in [3.05, 3.63) is 57.5 Å². The highest BCUT2D eigenvalue weighted by atomic mass is 32.2. The third-order valence-corrected chi connectivity index (χ3v) is 7.36. The van der Waals surface area contributed by atoms with Gasteiger partial charge in [-0.3, -0.25) is 14.9 Å². The number of carboxylic acids is 1. The third-order valence-electron chi connectivity index (χ3n) is 6.27. The fourth-order valence-corrected chi connectivity index (χ4v) is 5.94. The minimum Gasteiger partial charge on any atom is -0.481 e. The van der Waals surface area contributed by atoms with Crippen LogP contribution in [0.15, 0.2) is 41.8 Å². The second kappa shape index (κ2) is 10.2. The second-order valence-corrected chi connectivity index (χ2v) is 9.93. The summed E-state index contributed by atoms with van der Waals surface area (Å²) in [5.41, 5.74) is 0.531. The molecule has 8 nitrogen and oxygen atoms in total. The van der Waals surface area contributed by atoms with Crippen molar-refractivity contribution >= 4 is 27.8 Å². The molecule has 2 saturated carbocycles. The van der Waals surface area contributed by atoms with E-state index in [1.807, 2.05) is 6.08 Å². The maximum atomic E-state index is 12.7. The Morgan fingerprint density at radius 1 is 1.19 bits per heavy atom. The van der Waals surface area contributed by atoms with Crippen molar-refractivity contribution in [2.75, 3.05) is 0 Å². The number of fused-ring (bicyclic) bond motifs is 2. The Morgan fingerprint density at radius 2 is 1.90 bits per heavy atom. The zero-order chi connectivity index (χ0) is 22.4. The second-order valence-electron chi connectivity index (χ2n) is 8.33. The molecule has 0 aromatic heterocycles. The molecule has 9 heteroatoms. The first-order valence-corrected chi connectivity index (χ1v) is 12.1. The Kier molecular flexibility index (Phi) is 7.61. The van der Waals surface area contributed by atoms with E-state index in [1.165, 1.54) is 30.3 Å². The van der Waals surface area contributed by atoms with Gasteiger partial charge < -0.3 is 5.11 Å². The van der Waals surface area contributed by atoms with E-state index in [0.717, 1.165) is 31.1 Å². The first kappa shape index (κ1) is 23.1. The van der Waals surface area contributed by atoms with Gasteiger partial charge in [-0.2, -0.15) is 0 Å². The van der Waals surface area contributed by atoms with Crippen LogP contribution in [0.5, 0.6) is 0 Å². The van der Waals surface area contributed by atoms with E-state index in [9.17, 15) is 23.3 Å². The van der Waals surface area contributed by atoms with E-state index in [2.05, 4.69) is 10.8 Å². The molecule has 2 aliphatic carbocycles. The molecule has 1 aromatic rings. The predicted molar refractivity (Wildman–Crippen MR) is 118 cm³/mol. The number of hydrogen-bond acceptors (Lipinski definition) is 5. The number of nitro benzene ring substituents is 1. The molecular weight excluding hydrogens is 420 g/mol. The fraction of sp³-hybridized carbons (Fsp3) is 0.500. The van der Waals surface area contributed by atoms with Gasteiger partial charge in [-0.25, -0.2) is 13.1 Å². The molecule has 4 unspecified atom stereocenters. The highest BCUT2D eigenvalue weighted by Gasteiger charge is 2.47. The lowest BCUT2D eigenvalue weighted by molar-refractivity contribution is -0.384. The van der Waals surface area contributed by atoms with E-state index in [-0.39, 0.29) is 24.1 Å². The highest BCUT2D eigenvalue weighted by Crippen LogP contribution is 2.50. The first-order valence-electron chi connectivity index (χ1n) is 10.6. The molecule has 2 aliphatic rings. The van der Waals surface area contributed by atoms with Crippen LogP contribution in [0.1, 0.15) is 50.5 Å². The smallest absolute Gasteiger partial charge is 0.303 e. The quantitative estimate of drug-likeness (QED) is 0.227. The molecule has 1 aromatic carbocycles. The van der Waals surface area contributed by atoms with Gasteiger partial charge in [0.05, 0.1) is 4.92 Å². The molecule has 0 amide bonds. The molecule has 2 bridgehead atoms. The van der Waals surface area contributed by atoms with Crippen molar-refractivity contribution in [1.29, 1.82) is 0 Å². The van der Waals surface area contributed by atoms with Gasteiger partial charge in [-0.15, -0.1) is 0 Å². The van der Waals surface area contributed by atoms with E-state index >= 15 is 0 Å². The van der Waals surface area contributed by atoms with Gasteiger partial charge in [-0.1, -0.05) is 12.2 Å². The van der Waals surface area contributed by atoms with Crippen LogP contribution in [0.3, 0.4) is 0 Å². The van der Waals surface area contributed by atoms with Crippen LogP contribution >= 0.6 is 0 Å². The van der Waals surface area contributed by atoms with Crippen molar-refractivity contribution in [2.45, 2.75) is 51.0 Å². The number of benzene rings is 1. The normalized spacial score (nSPS) is 25.5. The number of aliphatic carboxylic acids is 1. The molecule has 168 valence electrons. The van der Waals surface area contributed by atoms with Gasteiger partial charge in [0.1, 0.15) is 0 Å². The molecule has 2 N–H and O–H groups in total. The van der Waals surface area contributed by atoms with Gasteiger partial charge in [0.25, 0.3) is 5.69 Å². The highest BCUT2D eigenvalue weighted by molar-refractivity contribution is 7.92. The number of nitrogens with zero attached hydrogens (tertiary/aromatic N) is 1. The van der Waals surface area contributed by atoms with Gasteiger partial charge >= 0.3 is 5.97 Å². The lowest BCUT2D eigenvalue weighted by Gasteiger charge is -2.30. The predicted octanol–water partition coefficient (Wildman–Crippen LogP) is 4.10. The molecule has 2 fully saturated rings. The summed E-state index contributed by atoms with van der Waals surface area (Å²) in [6.07, 6.45) is 10.9. The molecule has 0 aliphatic heterocycles. The average molecular weight is 449 g/mol. The molecule has 4 atom stereocenters.